The molecular formula is C10H22O3Si2. The van der Waals surface area contributed by atoms with Gasteiger partial charge < -0.3 is 9.16 Å². The standard InChI is InChI=1S/C10H22O3Si2/c1-9(10(11)12-2)8-13-15(6,7)14(3,4)5/h1,8H2,2-7H3. The molecule has 0 unspecified atom stereocenters. The van der Waals surface area contributed by atoms with E-state index in [4.69, 9.17) is 4.43 Å². The predicted octanol–water partition coefficient (Wildman–Crippen LogP) is 2.35. The van der Waals surface area contributed by atoms with Crippen molar-refractivity contribution in [1.82, 2.24) is 0 Å². The minimum absolute atomic E-state index is 0.302. The zero-order valence-electron chi connectivity index (χ0n) is 10.6. The molecular weight excluding hydrogens is 224 g/mol. The molecule has 0 fully saturated rings. The van der Waals surface area contributed by atoms with Crippen LogP contribution in [0.15, 0.2) is 12.2 Å². The molecule has 0 aromatic carbocycles. The largest absolute Gasteiger partial charge is 0.466 e. The van der Waals surface area contributed by atoms with E-state index < -0.39 is 15.4 Å². The average Bonchev–Trinajstić information content (AvgIpc) is 2.11. The van der Waals surface area contributed by atoms with Gasteiger partial charge in [0.25, 0.3) is 0 Å². The summed E-state index contributed by atoms with van der Waals surface area (Å²) in [6.07, 6.45) is 0. The van der Waals surface area contributed by atoms with Crippen LogP contribution >= 0.6 is 0 Å². The Labute approximate surface area is 94.4 Å². The average molecular weight is 246 g/mol. The van der Waals surface area contributed by atoms with Crippen LogP contribution in [-0.2, 0) is 14.0 Å². The van der Waals surface area contributed by atoms with Crippen LogP contribution < -0.4 is 0 Å². The lowest BCUT2D eigenvalue weighted by Crippen LogP contribution is -2.55. The van der Waals surface area contributed by atoms with Crippen molar-refractivity contribution < 1.29 is 14.0 Å². The zero-order chi connectivity index (χ0) is 12.3. The Morgan fingerprint density at radius 3 is 2.00 bits per heavy atom. The molecule has 88 valence electrons. The molecule has 0 saturated heterocycles. The Balaban J connectivity index is 4.28. The van der Waals surface area contributed by atoms with E-state index in [1.165, 1.54) is 7.11 Å². The summed E-state index contributed by atoms with van der Waals surface area (Å²) in [5, 5.41) is 0. The van der Waals surface area contributed by atoms with Crippen molar-refractivity contribution in [2.75, 3.05) is 13.7 Å². The second kappa shape index (κ2) is 5.09. The summed E-state index contributed by atoms with van der Waals surface area (Å²) in [5.74, 6) is -0.379. The van der Waals surface area contributed by atoms with Gasteiger partial charge in [-0.25, -0.2) is 4.79 Å². The van der Waals surface area contributed by atoms with Crippen molar-refractivity contribution in [2.24, 2.45) is 0 Å². The second-order valence-electron chi connectivity index (χ2n) is 5.14. The van der Waals surface area contributed by atoms with E-state index in [-0.39, 0.29) is 5.97 Å². The van der Waals surface area contributed by atoms with Gasteiger partial charge in [-0.2, -0.15) is 0 Å². The van der Waals surface area contributed by atoms with Crippen molar-refractivity contribution >= 4 is 21.4 Å². The molecule has 0 spiro atoms. The van der Waals surface area contributed by atoms with E-state index in [0.29, 0.717) is 12.2 Å². The molecule has 0 N–H and O–H groups in total. The summed E-state index contributed by atoms with van der Waals surface area (Å²) >= 11 is 0. The Hall–Kier alpha value is -0.396. The number of methoxy groups -OCH3 is 1. The monoisotopic (exact) mass is 246 g/mol. The first-order chi connectivity index (χ1) is 6.62. The van der Waals surface area contributed by atoms with E-state index >= 15 is 0 Å². The third kappa shape index (κ3) is 4.31. The molecule has 0 amide bonds. The van der Waals surface area contributed by atoms with Gasteiger partial charge in [0.15, 0.2) is 7.83 Å². The fraction of sp³-hybridized carbons (Fsp3) is 0.700. The van der Waals surface area contributed by atoms with Gasteiger partial charge >= 0.3 is 5.97 Å². The third-order valence-corrected chi connectivity index (χ3v) is 18.6. The van der Waals surface area contributed by atoms with E-state index in [0.717, 1.165) is 0 Å². The van der Waals surface area contributed by atoms with Crippen LogP contribution in [0.4, 0.5) is 0 Å². The van der Waals surface area contributed by atoms with E-state index in [9.17, 15) is 4.79 Å². The van der Waals surface area contributed by atoms with Crippen LogP contribution in [-0.4, -0.2) is 35.1 Å². The Morgan fingerprint density at radius 1 is 1.20 bits per heavy atom. The molecule has 3 nitrogen and oxygen atoms in total. The maximum Gasteiger partial charge on any atom is 0.335 e. The highest BCUT2D eigenvalue weighted by Gasteiger charge is 2.39. The van der Waals surface area contributed by atoms with Crippen LogP contribution in [0, 0.1) is 0 Å². The third-order valence-electron chi connectivity index (χ3n) is 2.89. The van der Waals surface area contributed by atoms with Gasteiger partial charge in [-0.1, -0.05) is 26.2 Å². The van der Waals surface area contributed by atoms with Gasteiger partial charge in [0.05, 0.1) is 26.9 Å². The fourth-order valence-corrected chi connectivity index (χ4v) is 3.17. The Kier molecular flexibility index (Phi) is 4.96. The quantitative estimate of drug-likeness (QED) is 0.424. The van der Waals surface area contributed by atoms with Crippen molar-refractivity contribution in [2.45, 2.75) is 32.7 Å². The molecule has 0 aliphatic heterocycles. The molecule has 0 atom stereocenters. The number of hydrogen-bond acceptors (Lipinski definition) is 3. The number of hydrogen-bond donors (Lipinski definition) is 0. The second-order valence-corrected chi connectivity index (χ2v) is 21.1. The highest BCUT2D eigenvalue weighted by atomic mass is 29.3. The maximum absolute atomic E-state index is 11.1. The number of carbonyl (C=O) groups excluding carboxylic acids is 1. The minimum Gasteiger partial charge on any atom is -0.466 e. The summed E-state index contributed by atoms with van der Waals surface area (Å²) in [6, 6.07) is 0. The van der Waals surface area contributed by atoms with Gasteiger partial charge in [0.1, 0.15) is 0 Å². The van der Waals surface area contributed by atoms with E-state index in [1.807, 2.05) is 0 Å². The minimum atomic E-state index is -1.66. The molecule has 0 heterocycles. The highest BCUT2D eigenvalue weighted by Crippen LogP contribution is 2.20. The van der Waals surface area contributed by atoms with Crippen molar-refractivity contribution in [3.63, 3.8) is 0 Å². The van der Waals surface area contributed by atoms with Gasteiger partial charge in [-0.15, -0.1) is 0 Å². The van der Waals surface area contributed by atoms with Crippen molar-refractivity contribution in [3.05, 3.63) is 12.2 Å². The summed E-state index contributed by atoms with van der Waals surface area (Å²) in [7, 11) is -1.57. The number of esters is 1. The van der Waals surface area contributed by atoms with E-state index in [2.05, 4.69) is 44.1 Å². The Bertz CT molecular complexity index is 254. The molecule has 0 aliphatic carbocycles. The first-order valence-electron chi connectivity index (χ1n) is 5.02. The van der Waals surface area contributed by atoms with Gasteiger partial charge in [0.2, 0.25) is 0 Å². The van der Waals surface area contributed by atoms with Crippen molar-refractivity contribution in [1.29, 1.82) is 0 Å². The predicted molar refractivity (Wildman–Crippen MR) is 67.9 cm³/mol. The summed E-state index contributed by atoms with van der Waals surface area (Å²) in [4.78, 5) is 11.1. The molecule has 0 saturated carbocycles. The lowest BCUT2D eigenvalue weighted by Gasteiger charge is -2.34. The normalized spacial score (nSPS) is 12.4. The molecule has 0 aliphatic rings. The fourth-order valence-electron chi connectivity index (χ4n) is 0.687. The SMILES string of the molecule is C=C(CO[Si](C)(C)[Si](C)(C)C)C(=O)OC. The molecule has 0 rings (SSSR count). The van der Waals surface area contributed by atoms with Crippen LogP contribution in [0.1, 0.15) is 0 Å². The summed E-state index contributed by atoms with van der Waals surface area (Å²) < 4.78 is 10.5. The van der Waals surface area contributed by atoms with Crippen molar-refractivity contribution in [3.8, 4) is 0 Å². The Morgan fingerprint density at radius 2 is 1.67 bits per heavy atom. The maximum atomic E-state index is 11.1. The van der Waals surface area contributed by atoms with Gasteiger partial charge in [0, 0.05) is 0 Å². The highest BCUT2D eigenvalue weighted by molar-refractivity contribution is 7.37. The smallest absolute Gasteiger partial charge is 0.335 e. The summed E-state index contributed by atoms with van der Waals surface area (Å²) in [6.45, 7) is 15.2. The molecule has 0 radical (unpaired) electrons. The lowest BCUT2D eigenvalue weighted by atomic mass is 10.3. The van der Waals surface area contributed by atoms with Gasteiger partial charge in [-0.05, 0) is 13.1 Å². The topological polar surface area (TPSA) is 35.5 Å². The van der Waals surface area contributed by atoms with E-state index in [1.54, 1.807) is 0 Å². The molecule has 0 bridgehead atoms. The first-order valence-corrected chi connectivity index (χ1v) is 12.4. The zero-order valence-corrected chi connectivity index (χ0v) is 12.6. The summed E-state index contributed by atoms with van der Waals surface area (Å²) in [5.41, 5.74) is 0.399. The van der Waals surface area contributed by atoms with Gasteiger partial charge in [-0.3, -0.25) is 0 Å². The first kappa shape index (κ1) is 14.6. The number of rotatable bonds is 5. The van der Waals surface area contributed by atoms with Crippen LogP contribution in [0.3, 0.4) is 0 Å². The molecule has 5 heteroatoms. The number of ether oxygens (including phenoxy) is 1. The van der Waals surface area contributed by atoms with Crippen LogP contribution in [0.2, 0.25) is 32.7 Å². The lowest BCUT2D eigenvalue weighted by molar-refractivity contribution is -0.136. The van der Waals surface area contributed by atoms with Crippen LogP contribution in [0.5, 0.6) is 0 Å². The molecule has 0 aromatic heterocycles. The van der Waals surface area contributed by atoms with Crippen LogP contribution in [0.25, 0.3) is 0 Å². The number of carbonyl (C=O) groups is 1. The molecule has 15 heavy (non-hydrogen) atoms. The molecule has 0 aromatic rings.